The summed E-state index contributed by atoms with van der Waals surface area (Å²) in [6, 6.07) is 6.52. The topological polar surface area (TPSA) is 43.8 Å². The number of rotatable bonds is 4. The van der Waals surface area contributed by atoms with E-state index in [-0.39, 0.29) is 0 Å². The molecule has 2 rings (SSSR count). The number of hydrogen-bond donors (Lipinski definition) is 1. The van der Waals surface area contributed by atoms with Crippen LogP contribution in [0.4, 0.5) is 0 Å². The molecule has 17 heavy (non-hydrogen) atoms. The molecule has 0 saturated heterocycles. The zero-order valence-corrected chi connectivity index (χ0v) is 10.9. The van der Waals surface area contributed by atoms with Crippen LogP contribution in [0.2, 0.25) is 0 Å². The van der Waals surface area contributed by atoms with Crippen molar-refractivity contribution in [2.45, 2.75) is 40.3 Å². The third-order valence-electron chi connectivity index (χ3n) is 3.03. The van der Waals surface area contributed by atoms with Gasteiger partial charge in [0.15, 0.2) is 0 Å². The second-order valence-corrected chi connectivity index (χ2v) is 4.91. The maximum Gasteiger partial charge on any atom is 0.123 e. The Morgan fingerprint density at radius 1 is 1.35 bits per heavy atom. The minimum atomic E-state index is 0.503. The Labute approximate surface area is 103 Å². The zero-order chi connectivity index (χ0) is 12.4. The zero-order valence-electron chi connectivity index (χ0n) is 10.9. The maximum atomic E-state index is 5.78. The molecule has 0 radical (unpaired) electrons. The van der Waals surface area contributed by atoms with E-state index < -0.39 is 0 Å². The first kappa shape index (κ1) is 12.1. The molecule has 3 nitrogen and oxygen atoms in total. The van der Waals surface area contributed by atoms with Crippen molar-refractivity contribution in [3.63, 3.8) is 0 Å². The summed E-state index contributed by atoms with van der Waals surface area (Å²) >= 11 is 0. The smallest absolute Gasteiger partial charge is 0.123 e. The molecule has 1 aromatic heterocycles. The van der Waals surface area contributed by atoms with Crippen LogP contribution in [0.5, 0.6) is 0 Å². The highest BCUT2D eigenvalue weighted by Gasteiger charge is 2.10. The Hall–Kier alpha value is -1.35. The lowest BCUT2D eigenvalue weighted by atomic mass is 10.1. The van der Waals surface area contributed by atoms with Gasteiger partial charge in [0.25, 0.3) is 0 Å². The molecule has 0 aliphatic rings. The third-order valence-corrected chi connectivity index (χ3v) is 3.03. The van der Waals surface area contributed by atoms with Crippen LogP contribution in [-0.4, -0.2) is 9.55 Å². The van der Waals surface area contributed by atoms with Gasteiger partial charge in [-0.3, -0.25) is 0 Å². The van der Waals surface area contributed by atoms with Crippen LogP contribution in [0.15, 0.2) is 18.2 Å². The van der Waals surface area contributed by atoms with Gasteiger partial charge in [0, 0.05) is 6.54 Å². The Balaban J connectivity index is 2.55. The lowest BCUT2D eigenvalue weighted by Crippen LogP contribution is -2.11. The van der Waals surface area contributed by atoms with Gasteiger partial charge >= 0.3 is 0 Å². The predicted octanol–water partition coefficient (Wildman–Crippen LogP) is 2.71. The van der Waals surface area contributed by atoms with Gasteiger partial charge in [-0.1, -0.05) is 26.8 Å². The number of benzene rings is 1. The molecule has 2 aromatic rings. The average Bonchev–Trinajstić information content (AvgIpc) is 2.65. The van der Waals surface area contributed by atoms with Gasteiger partial charge in [-0.2, -0.15) is 0 Å². The average molecular weight is 231 g/mol. The molecule has 1 heterocycles. The van der Waals surface area contributed by atoms with E-state index in [2.05, 4.69) is 48.5 Å². The van der Waals surface area contributed by atoms with Gasteiger partial charge in [0.1, 0.15) is 5.82 Å². The second kappa shape index (κ2) is 4.88. The summed E-state index contributed by atoms with van der Waals surface area (Å²) in [6.07, 6.45) is 1.05. The monoisotopic (exact) mass is 231 g/mol. The lowest BCUT2D eigenvalue weighted by molar-refractivity contribution is 0.517. The highest BCUT2D eigenvalue weighted by molar-refractivity contribution is 5.77. The Bertz CT molecular complexity index is 511. The van der Waals surface area contributed by atoms with Crippen molar-refractivity contribution < 1.29 is 0 Å². The molecule has 0 saturated carbocycles. The van der Waals surface area contributed by atoms with Gasteiger partial charge in [0.05, 0.1) is 17.6 Å². The molecule has 0 bridgehead atoms. The highest BCUT2D eigenvalue weighted by atomic mass is 15.1. The van der Waals surface area contributed by atoms with Crippen LogP contribution in [0.1, 0.15) is 32.2 Å². The minimum absolute atomic E-state index is 0.503. The van der Waals surface area contributed by atoms with E-state index in [1.807, 2.05) is 0 Å². The minimum Gasteiger partial charge on any atom is -0.327 e. The van der Waals surface area contributed by atoms with E-state index in [1.165, 1.54) is 11.1 Å². The number of fused-ring (bicyclic) bond motifs is 1. The van der Waals surface area contributed by atoms with Crippen LogP contribution < -0.4 is 5.73 Å². The fourth-order valence-electron chi connectivity index (χ4n) is 2.17. The molecule has 0 aliphatic heterocycles. The first-order valence-corrected chi connectivity index (χ1v) is 6.33. The summed E-state index contributed by atoms with van der Waals surface area (Å²) < 4.78 is 2.25. The van der Waals surface area contributed by atoms with Crippen molar-refractivity contribution in [1.29, 1.82) is 0 Å². The molecule has 0 fully saturated rings. The van der Waals surface area contributed by atoms with Crippen LogP contribution in [-0.2, 0) is 19.5 Å². The van der Waals surface area contributed by atoms with E-state index >= 15 is 0 Å². The molecule has 0 amide bonds. The van der Waals surface area contributed by atoms with Crippen molar-refractivity contribution in [3.8, 4) is 0 Å². The van der Waals surface area contributed by atoms with Crippen molar-refractivity contribution in [2.24, 2.45) is 11.7 Å². The molecular weight excluding hydrogens is 210 g/mol. The van der Waals surface area contributed by atoms with Gasteiger partial charge in [0.2, 0.25) is 0 Å². The van der Waals surface area contributed by atoms with E-state index in [1.54, 1.807) is 0 Å². The molecular formula is C14H21N3. The van der Waals surface area contributed by atoms with Crippen molar-refractivity contribution in [3.05, 3.63) is 29.6 Å². The fourth-order valence-corrected chi connectivity index (χ4v) is 2.17. The summed E-state index contributed by atoms with van der Waals surface area (Å²) in [5, 5.41) is 0. The molecule has 3 heteroatoms. The van der Waals surface area contributed by atoms with Crippen molar-refractivity contribution in [1.82, 2.24) is 9.55 Å². The molecule has 0 unspecified atom stereocenters. The van der Waals surface area contributed by atoms with Crippen LogP contribution in [0.3, 0.4) is 0 Å². The maximum absolute atomic E-state index is 5.78. The first-order valence-electron chi connectivity index (χ1n) is 6.33. The van der Waals surface area contributed by atoms with E-state index in [0.717, 1.165) is 24.3 Å². The molecule has 92 valence electrons. The largest absolute Gasteiger partial charge is 0.327 e. The number of hydrogen-bond acceptors (Lipinski definition) is 2. The third kappa shape index (κ3) is 2.34. The second-order valence-electron chi connectivity index (χ2n) is 4.91. The lowest BCUT2D eigenvalue weighted by Gasteiger charge is -2.10. The number of imidazole rings is 1. The van der Waals surface area contributed by atoms with Gasteiger partial charge in [-0.25, -0.2) is 4.98 Å². The van der Waals surface area contributed by atoms with Gasteiger partial charge in [-0.15, -0.1) is 0 Å². The van der Waals surface area contributed by atoms with Gasteiger partial charge in [-0.05, 0) is 30.0 Å². The summed E-state index contributed by atoms with van der Waals surface area (Å²) in [5.74, 6) is 1.59. The van der Waals surface area contributed by atoms with E-state index in [0.29, 0.717) is 12.5 Å². The number of aromatic nitrogens is 2. The summed E-state index contributed by atoms with van der Waals surface area (Å²) in [5.41, 5.74) is 9.39. The van der Waals surface area contributed by atoms with Crippen LogP contribution >= 0.6 is 0 Å². The SMILES string of the molecule is CCc1ccc2c(c1)nc(CN)n2CC(C)C. The Kier molecular flexibility index (Phi) is 3.48. The number of nitrogens with zero attached hydrogens (tertiary/aromatic N) is 2. The Morgan fingerprint density at radius 3 is 2.71 bits per heavy atom. The van der Waals surface area contributed by atoms with Crippen molar-refractivity contribution in [2.75, 3.05) is 0 Å². The molecule has 2 N–H and O–H groups in total. The van der Waals surface area contributed by atoms with E-state index in [4.69, 9.17) is 5.73 Å². The standard InChI is InChI=1S/C14H21N3/c1-4-11-5-6-13-12(7-11)16-14(8-15)17(13)9-10(2)3/h5-7,10H,4,8-9,15H2,1-3H3. The van der Waals surface area contributed by atoms with Gasteiger partial charge < -0.3 is 10.3 Å². The highest BCUT2D eigenvalue weighted by Crippen LogP contribution is 2.19. The summed E-state index contributed by atoms with van der Waals surface area (Å²) in [4.78, 5) is 4.63. The summed E-state index contributed by atoms with van der Waals surface area (Å²) in [6.45, 7) is 8.08. The molecule has 1 aromatic carbocycles. The first-order chi connectivity index (χ1) is 8.15. The summed E-state index contributed by atoms with van der Waals surface area (Å²) in [7, 11) is 0. The Morgan fingerprint density at radius 2 is 2.12 bits per heavy atom. The predicted molar refractivity (Wildman–Crippen MR) is 71.8 cm³/mol. The molecule has 0 atom stereocenters. The van der Waals surface area contributed by atoms with Crippen LogP contribution in [0.25, 0.3) is 11.0 Å². The normalized spacial score (nSPS) is 11.6. The van der Waals surface area contributed by atoms with Crippen LogP contribution in [0, 0.1) is 5.92 Å². The fraction of sp³-hybridized carbons (Fsp3) is 0.500. The molecule has 0 aliphatic carbocycles. The number of aryl methyl sites for hydroxylation is 1. The van der Waals surface area contributed by atoms with E-state index in [9.17, 15) is 0 Å². The van der Waals surface area contributed by atoms with Crippen molar-refractivity contribution >= 4 is 11.0 Å². The quantitative estimate of drug-likeness (QED) is 0.879. The molecule has 0 spiro atoms. The number of nitrogens with two attached hydrogens (primary N) is 1.